The number of anilines is 2. The second-order valence-electron chi connectivity index (χ2n) is 8.10. The molecule has 0 bridgehead atoms. The van der Waals surface area contributed by atoms with Crippen LogP contribution in [0.2, 0.25) is 0 Å². The van der Waals surface area contributed by atoms with Gasteiger partial charge in [-0.1, -0.05) is 11.8 Å². The number of carbonyl (C=O) groups is 3. The molecule has 1 saturated heterocycles. The van der Waals surface area contributed by atoms with Gasteiger partial charge in [-0.3, -0.25) is 14.4 Å². The maximum atomic E-state index is 12.6. The Bertz CT molecular complexity index is 1270. The highest BCUT2D eigenvalue weighted by atomic mass is 32.2. The molecule has 0 spiro atoms. The van der Waals surface area contributed by atoms with Crippen LogP contribution in [0, 0.1) is 0 Å². The molecule has 1 aromatic carbocycles. The van der Waals surface area contributed by atoms with E-state index in [-0.39, 0.29) is 24.1 Å². The lowest BCUT2D eigenvalue weighted by Gasteiger charge is -2.27. The molecule has 3 amide bonds. The van der Waals surface area contributed by atoms with Gasteiger partial charge in [-0.25, -0.2) is 4.98 Å². The second-order valence-corrected chi connectivity index (χ2v) is 9.27. The molecule has 1 unspecified atom stereocenters. The van der Waals surface area contributed by atoms with Crippen molar-refractivity contribution in [2.45, 2.75) is 30.9 Å². The number of fused-ring (bicyclic) bond motifs is 1. The highest BCUT2D eigenvalue weighted by molar-refractivity contribution is 8.15. The van der Waals surface area contributed by atoms with Crippen LogP contribution in [0.15, 0.2) is 53.8 Å². The van der Waals surface area contributed by atoms with Gasteiger partial charge < -0.3 is 15.5 Å². The molecule has 4 heterocycles. The van der Waals surface area contributed by atoms with Crippen molar-refractivity contribution in [3.05, 3.63) is 54.4 Å². The predicted molar refractivity (Wildman–Crippen MR) is 130 cm³/mol. The van der Waals surface area contributed by atoms with Crippen LogP contribution in [0.5, 0.6) is 0 Å². The number of amidine groups is 1. The summed E-state index contributed by atoms with van der Waals surface area (Å²) >= 11 is 1.37. The van der Waals surface area contributed by atoms with Crippen LogP contribution < -0.4 is 10.6 Å². The van der Waals surface area contributed by atoms with Gasteiger partial charge in [-0.2, -0.15) is 14.6 Å². The molecular weight excluding hydrogens is 454 g/mol. The molecule has 10 nitrogen and oxygen atoms in total. The van der Waals surface area contributed by atoms with E-state index in [1.165, 1.54) is 22.7 Å². The normalized spacial score (nSPS) is 18.1. The van der Waals surface area contributed by atoms with E-state index in [1.54, 1.807) is 48.8 Å². The third-order valence-electron chi connectivity index (χ3n) is 5.69. The van der Waals surface area contributed by atoms with Crippen LogP contribution in [0.1, 0.15) is 36.0 Å². The number of aromatic nitrogens is 3. The van der Waals surface area contributed by atoms with Gasteiger partial charge in [0.05, 0.1) is 6.20 Å². The molecule has 3 aromatic rings. The zero-order valence-electron chi connectivity index (χ0n) is 18.3. The molecule has 2 aromatic heterocycles. The molecule has 1 fully saturated rings. The molecule has 2 N–H and O–H groups in total. The summed E-state index contributed by atoms with van der Waals surface area (Å²) in [6.45, 7) is 1.82. The van der Waals surface area contributed by atoms with Crippen LogP contribution in [-0.4, -0.2) is 60.7 Å². The summed E-state index contributed by atoms with van der Waals surface area (Å²) in [4.78, 5) is 47.9. The van der Waals surface area contributed by atoms with Crippen LogP contribution >= 0.6 is 11.8 Å². The fourth-order valence-corrected chi connectivity index (χ4v) is 5.05. The summed E-state index contributed by atoms with van der Waals surface area (Å²) in [6.07, 6.45) is 6.65. The number of nitrogens with zero attached hydrogens (tertiary/aromatic N) is 5. The Balaban J connectivity index is 1.15. The number of benzene rings is 1. The van der Waals surface area contributed by atoms with Crippen LogP contribution in [0.4, 0.5) is 11.5 Å². The van der Waals surface area contributed by atoms with Gasteiger partial charge in [-0.05, 0) is 49.6 Å². The van der Waals surface area contributed by atoms with Crippen molar-refractivity contribution in [2.75, 3.05) is 23.7 Å². The molecule has 11 heteroatoms. The van der Waals surface area contributed by atoms with Crippen molar-refractivity contribution in [3.8, 4) is 0 Å². The summed E-state index contributed by atoms with van der Waals surface area (Å²) in [7, 11) is 0. The summed E-state index contributed by atoms with van der Waals surface area (Å²) < 4.78 is 1.54. The van der Waals surface area contributed by atoms with Crippen molar-refractivity contribution in [1.82, 2.24) is 19.5 Å². The Labute approximate surface area is 199 Å². The molecule has 1 atom stereocenters. The fraction of sp³-hybridized carbons (Fsp3) is 0.304. The maximum absolute atomic E-state index is 12.6. The molecule has 34 heavy (non-hydrogen) atoms. The molecule has 2 aliphatic rings. The Morgan fingerprint density at radius 3 is 2.59 bits per heavy atom. The molecule has 2 aliphatic heterocycles. The van der Waals surface area contributed by atoms with Crippen molar-refractivity contribution in [3.63, 3.8) is 0 Å². The maximum Gasteiger partial charge on any atom is 0.262 e. The third-order valence-corrected chi connectivity index (χ3v) is 6.90. The van der Waals surface area contributed by atoms with E-state index >= 15 is 0 Å². The molecule has 174 valence electrons. The number of thioether (sulfide) groups is 1. The summed E-state index contributed by atoms with van der Waals surface area (Å²) in [5, 5.41) is 9.99. The highest BCUT2D eigenvalue weighted by Gasteiger charge is 2.33. The quantitative estimate of drug-likeness (QED) is 0.580. The zero-order chi connectivity index (χ0) is 23.5. The van der Waals surface area contributed by atoms with Crippen molar-refractivity contribution in [2.24, 2.45) is 4.99 Å². The predicted octanol–water partition coefficient (Wildman–Crippen LogP) is 2.79. The number of nitrogens with one attached hydrogen (secondary N) is 2. The molecular formula is C23H23N7O3S. The lowest BCUT2D eigenvalue weighted by molar-refractivity contribution is -0.121. The topological polar surface area (TPSA) is 121 Å². The zero-order valence-corrected chi connectivity index (χ0v) is 19.1. The van der Waals surface area contributed by atoms with E-state index in [1.807, 2.05) is 0 Å². The lowest BCUT2D eigenvalue weighted by Crippen LogP contribution is -2.33. The molecule has 0 saturated carbocycles. The summed E-state index contributed by atoms with van der Waals surface area (Å²) in [5.74, 6) is -0.329. The average Bonchev–Trinajstić information content (AvgIpc) is 3.47. The summed E-state index contributed by atoms with van der Waals surface area (Å²) in [6, 6.07) is 9.96. The van der Waals surface area contributed by atoms with Crippen molar-refractivity contribution in [1.29, 1.82) is 0 Å². The number of piperidine rings is 1. The molecule has 5 rings (SSSR count). The Hall–Kier alpha value is -3.73. The van der Waals surface area contributed by atoms with E-state index in [0.29, 0.717) is 22.7 Å². The van der Waals surface area contributed by atoms with E-state index in [4.69, 9.17) is 0 Å². The number of hydrogen-bond donors (Lipinski definition) is 2. The number of amides is 3. The number of likely N-dealkylation sites (tertiary alicyclic amines) is 1. The van der Waals surface area contributed by atoms with Crippen molar-refractivity contribution >= 4 is 51.8 Å². The largest absolute Gasteiger partial charge is 0.351 e. The van der Waals surface area contributed by atoms with Gasteiger partial charge in [0.25, 0.3) is 11.8 Å². The molecule has 0 radical (unpaired) electrons. The van der Waals surface area contributed by atoms with Gasteiger partial charge in [0, 0.05) is 43.0 Å². The minimum absolute atomic E-state index is 0.0501. The first-order valence-corrected chi connectivity index (χ1v) is 12.0. The molecule has 0 aliphatic carbocycles. The smallest absolute Gasteiger partial charge is 0.262 e. The second kappa shape index (κ2) is 9.64. The number of rotatable bonds is 5. The fourth-order valence-electron chi connectivity index (χ4n) is 3.93. The standard InChI is InChI=1S/C23H23N7O3S/c31-20(14-17-22(33)28-23(34-17)29-12-2-1-3-13-29)26-16-6-4-15(5-7-16)21(32)27-19-8-10-24-18-9-11-25-30(18)19/h4-11,17H,1-3,12-14H2,(H,26,31)(H,27,32). The lowest BCUT2D eigenvalue weighted by atomic mass is 10.1. The third kappa shape index (κ3) is 4.79. The van der Waals surface area contributed by atoms with E-state index in [2.05, 4.69) is 30.6 Å². The first-order chi connectivity index (χ1) is 16.6. The number of aliphatic imine (C=N–C) groups is 1. The minimum Gasteiger partial charge on any atom is -0.351 e. The van der Waals surface area contributed by atoms with Crippen molar-refractivity contribution < 1.29 is 14.4 Å². The van der Waals surface area contributed by atoms with Gasteiger partial charge >= 0.3 is 0 Å². The van der Waals surface area contributed by atoms with Crippen LogP contribution in [0.25, 0.3) is 5.65 Å². The van der Waals surface area contributed by atoms with Gasteiger partial charge in [0.2, 0.25) is 5.91 Å². The Morgan fingerprint density at radius 2 is 1.79 bits per heavy atom. The van der Waals surface area contributed by atoms with E-state index in [9.17, 15) is 14.4 Å². The van der Waals surface area contributed by atoms with Gasteiger partial charge in [0.15, 0.2) is 10.8 Å². The summed E-state index contributed by atoms with van der Waals surface area (Å²) in [5.41, 5.74) is 1.60. The van der Waals surface area contributed by atoms with E-state index < -0.39 is 5.25 Å². The first-order valence-electron chi connectivity index (χ1n) is 11.1. The van der Waals surface area contributed by atoms with Crippen LogP contribution in [0.3, 0.4) is 0 Å². The SMILES string of the molecule is O=C(CC1SC(N2CCCCC2)=NC1=O)Nc1ccc(C(=O)Nc2ccnc3ccnn23)cc1. The number of carbonyl (C=O) groups excluding carboxylic acids is 3. The van der Waals surface area contributed by atoms with Gasteiger partial charge in [-0.15, -0.1) is 0 Å². The highest BCUT2D eigenvalue weighted by Crippen LogP contribution is 2.29. The number of hydrogen-bond acceptors (Lipinski definition) is 7. The Kier molecular flexibility index (Phi) is 6.26. The van der Waals surface area contributed by atoms with Crippen LogP contribution in [-0.2, 0) is 9.59 Å². The Morgan fingerprint density at radius 1 is 1.00 bits per heavy atom. The average molecular weight is 478 g/mol. The minimum atomic E-state index is -0.499. The first kappa shape index (κ1) is 22.1. The monoisotopic (exact) mass is 477 g/mol. The van der Waals surface area contributed by atoms with Gasteiger partial charge in [0.1, 0.15) is 11.1 Å². The van der Waals surface area contributed by atoms with E-state index in [0.717, 1.165) is 31.1 Å².